The Hall–Kier alpha value is -0.900. The Morgan fingerprint density at radius 1 is 1.11 bits per heavy atom. The summed E-state index contributed by atoms with van der Waals surface area (Å²) in [7, 11) is 0. The van der Waals surface area contributed by atoms with Crippen LogP contribution in [0.5, 0.6) is 0 Å². The summed E-state index contributed by atoms with van der Waals surface area (Å²) in [4.78, 5) is 0. The van der Waals surface area contributed by atoms with Gasteiger partial charge in [0.05, 0.1) is 25.4 Å². The van der Waals surface area contributed by atoms with E-state index in [1.807, 2.05) is 51.1 Å². The van der Waals surface area contributed by atoms with E-state index in [2.05, 4.69) is 0 Å². The molecule has 108 valence electrons. The molecule has 0 heterocycles. The summed E-state index contributed by atoms with van der Waals surface area (Å²) >= 11 is 0. The van der Waals surface area contributed by atoms with Crippen molar-refractivity contribution in [1.29, 1.82) is 0 Å². The van der Waals surface area contributed by atoms with Crippen LogP contribution in [0.4, 0.5) is 0 Å². The lowest BCUT2D eigenvalue weighted by Gasteiger charge is -2.27. The molecule has 3 nitrogen and oxygen atoms in total. The Labute approximate surface area is 116 Å². The second-order valence-corrected chi connectivity index (χ2v) is 5.30. The summed E-state index contributed by atoms with van der Waals surface area (Å²) in [5, 5.41) is 19.9. The third kappa shape index (κ3) is 5.31. The zero-order valence-electron chi connectivity index (χ0n) is 12.1. The summed E-state index contributed by atoms with van der Waals surface area (Å²) < 4.78 is 5.62. The standard InChI is InChI=1S/C16H26O3/c1-4-15(17)13(3)16(18)12(2)10-19-11-14-8-6-5-7-9-14/h5-9,12-13,15-18H,4,10-11H2,1-3H3/t12-,13+,15-,16-/m1/s1. The second-order valence-electron chi connectivity index (χ2n) is 5.30. The van der Waals surface area contributed by atoms with E-state index in [0.717, 1.165) is 5.56 Å². The van der Waals surface area contributed by atoms with Crippen LogP contribution < -0.4 is 0 Å². The van der Waals surface area contributed by atoms with Gasteiger partial charge in [0.1, 0.15) is 0 Å². The molecule has 0 aliphatic rings. The predicted octanol–water partition coefficient (Wildman–Crippen LogP) is 2.61. The van der Waals surface area contributed by atoms with Crippen LogP contribution in [-0.4, -0.2) is 29.0 Å². The Bertz CT molecular complexity index is 339. The molecule has 0 aliphatic carbocycles. The van der Waals surface area contributed by atoms with Gasteiger partial charge in [-0.1, -0.05) is 51.1 Å². The molecule has 1 aromatic rings. The van der Waals surface area contributed by atoms with E-state index in [1.54, 1.807) is 0 Å². The van der Waals surface area contributed by atoms with Gasteiger partial charge in [0.25, 0.3) is 0 Å². The van der Waals surface area contributed by atoms with Gasteiger partial charge in [0.2, 0.25) is 0 Å². The average molecular weight is 266 g/mol. The first-order chi connectivity index (χ1) is 9.06. The van der Waals surface area contributed by atoms with E-state index in [1.165, 1.54) is 0 Å². The number of hydrogen-bond acceptors (Lipinski definition) is 3. The molecule has 0 aromatic heterocycles. The van der Waals surface area contributed by atoms with Gasteiger partial charge in [-0.2, -0.15) is 0 Å². The third-order valence-electron chi connectivity index (χ3n) is 3.64. The van der Waals surface area contributed by atoms with Crippen LogP contribution in [0, 0.1) is 11.8 Å². The lowest BCUT2D eigenvalue weighted by Crippen LogP contribution is -2.35. The minimum atomic E-state index is -0.536. The Morgan fingerprint density at radius 2 is 1.74 bits per heavy atom. The lowest BCUT2D eigenvalue weighted by molar-refractivity contribution is -0.0350. The molecule has 0 spiro atoms. The van der Waals surface area contributed by atoms with Crippen molar-refractivity contribution in [1.82, 2.24) is 0 Å². The highest BCUT2D eigenvalue weighted by Gasteiger charge is 2.26. The van der Waals surface area contributed by atoms with Crippen molar-refractivity contribution in [2.45, 2.75) is 46.0 Å². The fraction of sp³-hybridized carbons (Fsp3) is 0.625. The van der Waals surface area contributed by atoms with Crippen LogP contribution in [0.15, 0.2) is 30.3 Å². The van der Waals surface area contributed by atoms with Crippen LogP contribution in [0.1, 0.15) is 32.8 Å². The maximum absolute atomic E-state index is 10.1. The molecular weight excluding hydrogens is 240 g/mol. The van der Waals surface area contributed by atoms with Gasteiger partial charge in [-0.05, 0) is 12.0 Å². The third-order valence-corrected chi connectivity index (χ3v) is 3.64. The van der Waals surface area contributed by atoms with Crippen LogP contribution in [0.25, 0.3) is 0 Å². The van der Waals surface area contributed by atoms with Crippen LogP contribution in [-0.2, 0) is 11.3 Å². The molecule has 0 saturated heterocycles. The van der Waals surface area contributed by atoms with E-state index >= 15 is 0 Å². The van der Waals surface area contributed by atoms with Crippen molar-refractivity contribution in [3.05, 3.63) is 35.9 Å². The highest BCUT2D eigenvalue weighted by Crippen LogP contribution is 2.19. The maximum atomic E-state index is 10.1. The zero-order chi connectivity index (χ0) is 14.3. The first-order valence-corrected chi connectivity index (χ1v) is 7.04. The van der Waals surface area contributed by atoms with Gasteiger partial charge in [-0.25, -0.2) is 0 Å². The Morgan fingerprint density at radius 3 is 2.32 bits per heavy atom. The first-order valence-electron chi connectivity index (χ1n) is 7.04. The van der Waals surface area contributed by atoms with Gasteiger partial charge in [-0.15, -0.1) is 0 Å². The van der Waals surface area contributed by atoms with Crippen molar-refractivity contribution < 1.29 is 14.9 Å². The maximum Gasteiger partial charge on any atom is 0.0717 e. The zero-order valence-corrected chi connectivity index (χ0v) is 12.1. The average Bonchev–Trinajstić information content (AvgIpc) is 2.45. The molecule has 0 aliphatic heterocycles. The fourth-order valence-electron chi connectivity index (χ4n) is 2.15. The number of hydrogen-bond donors (Lipinski definition) is 2. The van der Waals surface area contributed by atoms with Crippen molar-refractivity contribution >= 4 is 0 Å². The van der Waals surface area contributed by atoms with Gasteiger partial charge < -0.3 is 14.9 Å². The van der Waals surface area contributed by atoms with Crippen molar-refractivity contribution in [3.8, 4) is 0 Å². The Kier molecular flexibility index (Phi) is 7.06. The summed E-state index contributed by atoms with van der Waals surface area (Å²) in [5.41, 5.74) is 1.13. The molecule has 4 atom stereocenters. The van der Waals surface area contributed by atoms with Crippen molar-refractivity contribution in [3.63, 3.8) is 0 Å². The molecule has 2 N–H and O–H groups in total. The molecule has 0 unspecified atom stereocenters. The van der Waals surface area contributed by atoms with Crippen molar-refractivity contribution in [2.24, 2.45) is 11.8 Å². The van der Waals surface area contributed by atoms with Gasteiger partial charge >= 0.3 is 0 Å². The first kappa shape index (κ1) is 16.2. The SMILES string of the molecule is CC[C@@H](O)[C@H](C)[C@H](O)[C@H](C)COCc1ccccc1. The molecule has 0 saturated carbocycles. The monoisotopic (exact) mass is 266 g/mol. The smallest absolute Gasteiger partial charge is 0.0717 e. The number of aliphatic hydroxyl groups is 2. The second kappa shape index (κ2) is 8.31. The molecule has 1 rings (SSSR count). The van der Waals surface area contributed by atoms with Crippen LogP contribution in [0.2, 0.25) is 0 Å². The fourth-order valence-corrected chi connectivity index (χ4v) is 2.15. The molecule has 0 radical (unpaired) electrons. The molecule has 0 amide bonds. The lowest BCUT2D eigenvalue weighted by atomic mass is 9.89. The summed E-state index contributed by atoms with van der Waals surface area (Å²) in [6.07, 6.45) is -0.326. The molecule has 19 heavy (non-hydrogen) atoms. The highest BCUT2D eigenvalue weighted by molar-refractivity contribution is 5.13. The van der Waals surface area contributed by atoms with Crippen LogP contribution >= 0.6 is 0 Å². The molecule has 0 bridgehead atoms. The quantitative estimate of drug-likeness (QED) is 0.760. The van der Waals surface area contributed by atoms with E-state index in [4.69, 9.17) is 4.74 Å². The van der Waals surface area contributed by atoms with E-state index in [9.17, 15) is 10.2 Å². The normalized spacial score (nSPS) is 17.7. The van der Waals surface area contributed by atoms with E-state index in [-0.39, 0.29) is 11.8 Å². The summed E-state index contributed by atoms with van der Waals surface area (Å²) in [6, 6.07) is 9.98. The largest absolute Gasteiger partial charge is 0.393 e. The molecule has 3 heteroatoms. The van der Waals surface area contributed by atoms with E-state index < -0.39 is 12.2 Å². The molecular formula is C16H26O3. The number of aliphatic hydroxyl groups excluding tert-OH is 2. The number of benzene rings is 1. The van der Waals surface area contributed by atoms with Gasteiger partial charge in [0.15, 0.2) is 0 Å². The summed E-state index contributed by atoms with van der Waals surface area (Å²) in [5.74, 6) is -0.111. The van der Waals surface area contributed by atoms with E-state index in [0.29, 0.717) is 19.6 Å². The topological polar surface area (TPSA) is 49.7 Å². The predicted molar refractivity (Wildman–Crippen MR) is 76.7 cm³/mol. The van der Waals surface area contributed by atoms with Gasteiger partial charge in [0, 0.05) is 11.8 Å². The van der Waals surface area contributed by atoms with Gasteiger partial charge in [-0.3, -0.25) is 0 Å². The molecule has 1 aromatic carbocycles. The van der Waals surface area contributed by atoms with Crippen LogP contribution in [0.3, 0.4) is 0 Å². The highest BCUT2D eigenvalue weighted by atomic mass is 16.5. The minimum Gasteiger partial charge on any atom is -0.393 e. The number of ether oxygens (including phenoxy) is 1. The number of rotatable bonds is 8. The summed E-state index contributed by atoms with van der Waals surface area (Å²) in [6.45, 7) is 6.81. The minimum absolute atomic E-state index is 0.0138. The van der Waals surface area contributed by atoms with Crippen molar-refractivity contribution in [2.75, 3.05) is 6.61 Å². The Balaban J connectivity index is 2.32. The molecule has 0 fully saturated rings.